The van der Waals surface area contributed by atoms with E-state index < -0.39 is 5.97 Å². The number of hydrogen-bond acceptors (Lipinski definition) is 2. The van der Waals surface area contributed by atoms with Crippen LogP contribution < -0.4 is 5.32 Å². The number of aromatic carboxylic acids is 1. The Balaban J connectivity index is 1.73. The van der Waals surface area contributed by atoms with Gasteiger partial charge in [0.15, 0.2) is 0 Å². The van der Waals surface area contributed by atoms with E-state index in [1.54, 1.807) is 6.07 Å². The normalized spacial score (nSPS) is 22.3. The van der Waals surface area contributed by atoms with Crippen LogP contribution >= 0.6 is 0 Å². The second-order valence-corrected chi connectivity index (χ2v) is 7.66. The van der Waals surface area contributed by atoms with Crippen LogP contribution in [0.1, 0.15) is 50.1 Å². The fourth-order valence-electron chi connectivity index (χ4n) is 4.96. The molecule has 0 bridgehead atoms. The first kappa shape index (κ1) is 16.1. The minimum Gasteiger partial charge on any atom is -0.478 e. The molecule has 2 aliphatic rings. The number of aryl methyl sites for hydroxylation is 1. The fourth-order valence-corrected chi connectivity index (χ4v) is 4.96. The van der Waals surface area contributed by atoms with Crippen molar-refractivity contribution in [2.45, 2.75) is 25.3 Å². The maximum absolute atomic E-state index is 11.9. The van der Waals surface area contributed by atoms with Gasteiger partial charge in [-0.1, -0.05) is 66.2 Å². The van der Waals surface area contributed by atoms with Crippen LogP contribution in [0, 0.1) is 12.8 Å². The molecule has 1 aliphatic heterocycles. The Morgan fingerprint density at radius 3 is 2.59 bits per heavy atom. The van der Waals surface area contributed by atoms with Gasteiger partial charge in [0.25, 0.3) is 0 Å². The average Bonchev–Trinajstić information content (AvgIpc) is 3.06. The molecule has 0 saturated carbocycles. The average molecular weight is 355 g/mol. The van der Waals surface area contributed by atoms with Crippen molar-refractivity contribution in [3.05, 3.63) is 100 Å². The van der Waals surface area contributed by atoms with E-state index in [0.29, 0.717) is 11.5 Å². The Kier molecular flexibility index (Phi) is 3.57. The van der Waals surface area contributed by atoms with Gasteiger partial charge in [0, 0.05) is 5.92 Å². The van der Waals surface area contributed by atoms with Gasteiger partial charge in [0.05, 0.1) is 17.3 Å². The van der Waals surface area contributed by atoms with Gasteiger partial charge in [-0.2, -0.15) is 0 Å². The molecular formula is C24H21NO2. The van der Waals surface area contributed by atoms with Crippen molar-refractivity contribution < 1.29 is 9.90 Å². The van der Waals surface area contributed by atoms with Crippen molar-refractivity contribution in [1.29, 1.82) is 0 Å². The zero-order valence-electron chi connectivity index (χ0n) is 15.1. The third-order valence-electron chi connectivity index (χ3n) is 6.07. The fraction of sp³-hybridized carbons (Fsp3) is 0.208. The molecule has 1 heterocycles. The summed E-state index contributed by atoms with van der Waals surface area (Å²) in [6.07, 6.45) is 1.00. The van der Waals surface area contributed by atoms with Crippen LogP contribution in [0.5, 0.6) is 0 Å². The summed E-state index contributed by atoms with van der Waals surface area (Å²) < 4.78 is 0. The van der Waals surface area contributed by atoms with Gasteiger partial charge >= 0.3 is 5.97 Å². The second kappa shape index (κ2) is 5.98. The van der Waals surface area contributed by atoms with Crippen molar-refractivity contribution in [1.82, 2.24) is 0 Å². The molecule has 3 heteroatoms. The van der Waals surface area contributed by atoms with Crippen molar-refractivity contribution in [3.8, 4) is 0 Å². The maximum Gasteiger partial charge on any atom is 0.337 e. The van der Waals surface area contributed by atoms with Crippen LogP contribution in [0.4, 0.5) is 5.69 Å². The van der Waals surface area contributed by atoms with E-state index in [1.807, 2.05) is 6.07 Å². The minimum absolute atomic E-state index is 0.0929. The number of nitrogens with one attached hydrogen (secondary N) is 1. The van der Waals surface area contributed by atoms with Crippen LogP contribution in [0.2, 0.25) is 0 Å². The van der Waals surface area contributed by atoms with Crippen LogP contribution in [-0.2, 0) is 6.42 Å². The summed E-state index contributed by atoms with van der Waals surface area (Å²) in [5, 5.41) is 13.4. The molecule has 0 amide bonds. The predicted octanol–water partition coefficient (Wildman–Crippen LogP) is 5.16. The third-order valence-corrected chi connectivity index (χ3v) is 6.07. The predicted molar refractivity (Wildman–Crippen MR) is 106 cm³/mol. The summed E-state index contributed by atoms with van der Waals surface area (Å²) in [4.78, 5) is 11.9. The molecule has 3 aromatic rings. The summed E-state index contributed by atoms with van der Waals surface area (Å²) >= 11 is 0. The number of fused-ring (bicyclic) bond motifs is 5. The molecule has 3 aromatic carbocycles. The van der Waals surface area contributed by atoms with E-state index >= 15 is 0 Å². The molecule has 134 valence electrons. The third kappa shape index (κ3) is 2.46. The molecule has 0 saturated heterocycles. The van der Waals surface area contributed by atoms with Crippen molar-refractivity contribution in [2.24, 2.45) is 5.92 Å². The summed E-state index contributed by atoms with van der Waals surface area (Å²) in [5.74, 6) is -0.282. The zero-order chi connectivity index (χ0) is 18.5. The van der Waals surface area contributed by atoms with Gasteiger partial charge < -0.3 is 10.4 Å². The smallest absolute Gasteiger partial charge is 0.337 e. The first-order valence-electron chi connectivity index (χ1n) is 9.40. The highest BCUT2D eigenvalue weighted by Crippen LogP contribution is 2.54. The second-order valence-electron chi connectivity index (χ2n) is 7.66. The lowest BCUT2D eigenvalue weighted by Crippen LogP contribution is -2.31. The molecule has 0 aromatic heterocycles. The molecule has 3 atom stereocenters. The summed E-state index contributed by atoms with van der Waals surface area (Å²) in [6.45, 7) is 2.10. The Morgan fingerprint density at radius 2 is 1.78 bits per heavy atom. The number of para-hydroxylation sites is 1. The highest BCUT2D eigenvalue weighted by Gasteiger charge is 2.44. The maximum atomic E-state index is 11.9. The monoisotopic (exact) mass is 355 g/mol. The number of carboxylic acids is 1. The summed E-state index contributed by atoms with van der Waals surface area (Å²) in [5.41, 5.74) is 7.39. The van der Waals surface area contributed by atoms with Gasteiger partial charge in [-0.3, -0.25) is 0 Å². The number of hydrogen-bond donors (Lipinski definition) is 2. The topological polar surface area (TPSA) is 49.3 Å². The van der Waals surface area contributed by atoms with Crippen molar-refractivity contribution >= 4 is 11.7 Å². The largest absolute Gasteiger partial charge is 0.478 e. The number of benzene rings is 3. The van der Waals surface area contributed by atoms with E-state index in [2.05, 4.69) is 66.8 Å². The zero-order valence-corrected chi connectivity index (χ0v) is 15.1. The molecule has 0 unspecified atom stereocenters. The van der Waals surface area contributed by atoms with Crippen LogP contribution in [0.3, 0.4) is 0 Å². The molecule has 1 aliphatic carbocycles. The van der Waals surface area contributed by atoms with E-state index in [-0.39, 0.29) is 12.0 Å². The molecule has 0 fully saturated rings. The lowest BCUT2D eigenvalue weighted by Gasteiger charge is -2.38. The minimum atomic E-state index is -0.882. The lowest BCUT2D eigenvalue weighted by atomic mass is 9.75. The number of carbonyl (C=O) groups is 1. The molecular weight excluding hydrogens is 334 g/mol. The molecule has 27 heavy (non-hydrogen) atoms. The molecule has 0 radical (unpaired) electrons. The van der Waals surface area contributed by atoms with E-state index in [1.165, 1.54) is 22.3 Å². The lowest BCUT2D eigenvalue weighted by molar-refractivity contribution is 0.0697. The van der Waals surface area contributed by atoms with Crippen LogP contribution in [0.25, 0.3) is 0 Å². The van der Waals surface area contributed by atoms with Gasteiger partial charge in [-0.15, -0.1) is 0 Å². The quantitative estimate of drug-likeness (QED) is 0.667. The Bertz CT molecular complexity index is 1060. The SMILES string of the molecule is Cc1cccc([C@@H]2Nc3c(C(=O)O)cccc3[C@@H]3c4ccccc4C[C@H]32)c1. The molecule has 5 rings (SSSR count). The highest BCUT2D eigenvalue weighted by atomic mass is 16.4. The van der Waals surface area contributed by atoms with Gasteiger partial charge in [0.2, 0.25) is 0 Å². The molecule has 2 N–H and O–H groups in total. The van der Waals surface area contributed by atoms with Crippen LogP contribution in [-0.4, -0.2) is 11.1 Å². The number of anilines is 1. The van der Waals surface area contributed by atoms with Crippen molar-refractivity contribution in [2.75, 3.05) is 5.32 Å². The van der Waals surface area contributed by atoms with Crippen LogP contribution in [0.15, 0.2) is 66.7 Å². The standard InChI is InChI=1S/C24H21NO2/c1-14-6-4-8-16(12-14)22-20-13-15-7-2-3-9-17(15)21(20)18-10-5-11-19(24(26)27)23(18)25-22/h2-12,20-22,25H,13H2,1H3,(H,26,27)/t20-,21+,22+/m1/s1. The first-order chi connectivity index (χ1) is 13.1. The Morgan fingerprint density at radius 1 is 1.00 bits per heavy atom. The summed E-state index contributed by atoms with van der Waals surface area (Å²) in [7, 11) is 0. The number of carboxylic acid groups (broad SMARTS) is 1. The van der Waals surface area contributed by atoms with Gasteiger partial charge in [-0.05, 0) is 47.6 Å². The van der Waals surface area contributed by atoms with E-state index in [4.69, 9.17) is 0 Å². The Labute approximate surface area is 158 Å². The summed E-state index contributed by atoms with van der Waals surface area (Å²) in [6, 6.07) is 22.9. The highest BCUT2D eigenvalue weighted by molar-refractivity contribution is 5.96. The first-order valence-corrected chi connectivity index (χ1v) is 9.40. The molecule has 3 nitrogen and oxygen atoms in total. The Hall–Kier alpha value is -3.07. The van der Waals surface area contributed by atoms with Gasteiger partial charge in [-0.25, -0.2) is 4.79 Å². The molecule has 0 spiro atoms. The van der Waals surface area contributed by atoms with E-state index in [9.17, 15) is 9.90 Å². The van der Waals surface area contributed by atoms with Crippen molar-refractivity contribution in [3.63, 3.8) is 0 Å². The van der Waals surface area contributed by atoms with Gasteiger partial charge in [0.1, 0.15) is 0 Å². The van der Waals surface area contributed by atoms with E-state index in [0.717, 1.165) is 17.7 Å². The number of rotatable bonds is 2.